The molecule has 0 saturated heterocycles. The van der Waals surface area contributed by atoms with Gasteiger partial charge in [-0.15, -0.1) is 0 Å². The standard InChI is InChI=1S/C11H13F2NO3/c12-11(13)17-9-4-1-3-8(7-9)10(16)14-5-2-6-15/h1,3-4,7,11,15H,2,5-6H2,(H,14,16). The molecule has 0 aliphatic rings. The molecular formula is C11H13F2NO3. The van der Waals surface area contributed by atoms with E-state index >= 15 is 0 Å². The van der Waals surface area contributed by atoms with Gasteiger partial charge in [0.15, 0.2) is 0 Å². The fourth-order valence-electron chi connectivity index (χ4n) is 1.20. The van der Waals surface area contributed by atoms with Gasteiger partial charge in [-0.3, -0.25) is 4.79 Å². The monoisotopic (exact) mass is 245 g/mol. The van der Waals surface area contributed by atoms with Gasteiger partial charge in [0.1, 0.15) is 5.75 Å². The van der Waals surface area contributed by atoms with Crippen LogP contribution < -0.4 is 10.1 Å². The van der Waals surface area contributed by atoms with Gasteiger partial charge in [0.25, 0.3) is 5.91 Å². The second kappa shape index (κ2) is 6.80. The molecule has 0 aromatic heterocycles. The number of ether oxygens (including phenoxy) is 1. The van der Waals surface area contributed by atoms with Gasteiger partial charge in [-0.1, -0.05) is 6.07 Å². The molecule has 1 aromatic carbocycles. The fraction of sp³-hybridized carbons (Fsp3) is 0.364. The summed E-state index contributed by atoms with van der Waals surface area (Å²) in [6.45, 7) is -2.60. The number of nitrogens with one attached hydrogen (secondary N) is 1. The Kier molecular flexibility index (Phi) is 5.35. The number of aliphatic hydroxyl groups excluding tert-OH is 1. The second-order valence-electron chi connectivity index (χ2n) is 3.24. The summed E-state index contributed by atoms with van der Waals surface area (Å²) < 4.78 is 28.1. The lowest BCUT2D eigenvalue weighted by atomic mass is 10.2. The van der Waals surface area contributed by atoms with Crippen molar-refractivity contribution in [3.05, 3.63) is 29.8 Å². The molecule has 4 nitrogen and oxygen atoms in total. The third-order valence-electron chi connectivity index (χ3n) is 1.94. The van der Waals surface area contributed by atoms with E-state index in [4.69, 9.17) is 5.11 Å². The van der Waals surface area contributed by atoms with Crippen molar-refractivity contribution in [1.82, 2.24) is 5.32 Å². The summed E-state index contributed by atoms with van der Waals surface area (Å²) in [7, 11) is 0. The van der Waals surface area contributed by atoms with E-state index in [1.54, 1.807) is 0 Å². The zero-order valence-corrected chi connectivity index (χ0v) is 9.03. The average Bonchev–Trinajstić information content (AvgIpc) is 2.28. The van der Waals surface area contributed by atoms with Gasteiger partial charge in [0.05, 0.1) is 0 Å². The summed E-state index contributed by atoms with van der Waals surface area (Å²) in [6, 6.07) is 5.53. The van der Waals surface area contributed by atoms with Crippen LogP contribution in [0.4, 0.5) is 8.78 Å². The highest BCUT2D eigenvalue weighted by Gasteiger charge is 2.08. The van der Waals surface area contributed by atoms with Crippen LogP contribution in [0.5, 0.6) is 5.75 Å². The molecule has 0 radical (unpaired) electrons. The molecule has 94 valence electrons. The van der Waals surface area contributed by atoms with Crippen molar-refractivity contribution < 1.29 is 23.4 Å². The number of alkyl halides is 2. The molecule has 0 aliphatic heterocycles. The third kappa shape index (κ3) is 4.78. The summed E-state index contributed by atoms with van der Waals surface area (Å²) >= 11 is 0. The van der Waals surface area contributed by atoms with Gasteiger partial charge in [-0.2, -0.15) is 8.78 Å². The third-order valence-corrected chi connectivity index (χ3v) is 1.94. The van der Waals surface area contributed by atoms with Gasteiger partial charge >= 0.3 is 6.61 Å². The number of hydrogen-bond donors (Lipinski definition) is 2. The topological polar surface area (TPSA) is 58.6 Å². The summed E-state index contributed by atoms with van der Waals surface area (Å²) in [4.78, 5) is 11.5. The lowest BCUT2D eigenvalue weighted by Gasteiger charge is -2.07. The molecule has 0 unspecified atom stereocenters. The van der Waals surface area contributed by atoms with E-state index in [9.17, 15) is 13.6 Å². The molecule has 1 amide bonds. The summed E-state index contributed by atoms with van der Waals surface area (Å²) in [5, 5.41) is 11.1. The zero-order valence-electron chi connectivity index (χ0n) is 9.03. The summed E-state index contributed by atoms with van der Waals surface area (Å²) in [5.74, 6) is -0.451. The number of halogens is 2. The van der Waals surface area contributed by atoms with Crippen LogP contribution in [0.15, 0.2) is 24.3 Å². The highest BCUT2D eigenvalue weighted by molar-refractivity contribution is 5.94. The Morgan fingerprint density at radius 3 is 2.88 bits per heavy atom. The maximum atomic E-state index is 12.0. The molecule has 0 bridgehead atoms. The van der Waals surface area contributed by atoms with Crippen LogP contribution in [-0.2, 0) is 0 Å². The number of benzene rings is 1. The predicted molar refractivity (Wildman–Crippen MR) is 57.1 cm³/mol. The number of rotatable bonds is 6. The zero-order chi connectivity index (χ0) is 12.7. The molecule has 1 aromatic rings. The molecule has 0 atom stereocenters. The van der Waals surface area contributed by atoms with Gasteiger partial charge in [-0.25, -0.2) is 0 Å². The number of hydrogen-bond acceptors (Lipinski definition) is 3. The quantitative estimate of drug-likeness (QED) is 0.745. The number of carbonyl (C=O) groups excluding carboxylic acids is 1. The molecule has 0 heterocycles. The van der Waals surface area contributed by atoms with E-state index in [0.29, 0.717) is 13.0 Å². The Balaban J connectivity index is 2.60. The highest BCUT2D eigenvalue weighted by atomic mass is 19.3. The number of amides is 1. The van der Waals surface area contributed by atoms with E-state index in [1.165, 1.54) is 24.3 Å². The van der Waals surface area contributed by atoms with Crippen molar-refractivity contribution in [1.29, 1.82) is 0 Å². The van der Waals surface area contributed by atoms with Crippen molar-refractivity contribution >= 4 is 5.91 Å². The molecule has 0 aliphatic carbocycles. The van der Waals surface area contributed by atoms with Crippen LogP contribution in [0.1, 0.15) is 16.8 Å². The van der Waals surface area contributed by atoms with Gasteiger partial charge in [0.2, 0.25) is 0 Å². The molecule has 1 rings (SSSR count). The Bertz CT molecular complexity index is 371. The normalized spacial score (nSPS) is 10.4. The van der Waals surface area contributed by atoms with E-state index in [-0.39, 0.29) is 17.9 Å². The van der Waals surface area contributed by atoms with E-state index in [1.807, 2.05) is 0 Å². The van der Waals surface area contributed by atoms with E-state index < -0.39 is 12.5 Å². The highest BCUT2D eigenvalue weighted by Crippen LogP contribution is 2.15. The van der Waals surface area contributed by atoms with E-state index in [2.05, 4.69) is 10.1 Å². The lowest BCUT2D eigenvalue weighted by Crippen LogP contribution is -2.25. The van der Waals surface area contributed by atoms with Crippen molar-refractivity contribution in [2.24, 2.45) is 0 Å². The summed E-state index contributed by atoms with van der Waals surface area (Å²) in [5.41, 5.74) is 0.237. The predicted octanol–water partition coefficient (Wildman–Crippen LogP) is 1.40. The van der Waals surface area contributed by atoms with Gasteiger partial charge < -0.3 is 15.2 Å². The Labute approximate surface area is 97.2 Å². The SMILES string of the molecule is O=C(NCCCO)c1cccc(OC(F)F)c1. The molecule has 0 saturated carbocycles. The van der Waals surface area contributed by atoms with Gasteiger partial charge in [-0.05, 0) is 24.6 Å². The molecule has 2 N–H and O–H groups in total. The van der Waals surface area contributed by atoms with Gasteiger partial charge in [0, 0.05) is 18.7 Å². The lowest BCUT2D eigenvalue weighted by molar-refractivity contribution is -0.0498. The van der Waals surface area contributed by atoms with Crippen LogP contribution in [0, 0.1) is 0 Å². The maximum Gasteiger partial charge on any atom is 0.387 e. The van der Waals surface area contributed by atoms with Crippen LogP contribution in [-0.4, -0.2) is 30.8 Å². The Morgan fingerprint density at radius 1 is 1.47 bits per heavy atom. The Hall–Kier alpha value is -1.69. The first-order valence-electron chi connectivity index (χ1n) is 5.07. The van der Waals surface area contributed by atoms with Crippen LogP contribution in [0.3, 0.4) is 0 Å². The van der Waals surface area contributed by atoms with Crippen molar-refractivity contribution in [2.75, 3.05) is 13.2 Å². The first-order valence-corrected chi connectivity index (χ1v) is 5.07. The maximum absolute atomic E-state index is 12.0. The van der Waals surface area contributed by atoms with Crippen LogP contribution in [0.25, 0.3) is 0 Å². The minimum atomic E-state index is -2.91. The molecule has 0 spiro atoms. The number of aliphatic hydroxyl groups is 1. The van der Waals surface area contributed by atoms with Crippen molar-refractivity contribution in [3.8, 4) is 5.75 Å². The largest absolute Gasteiger partial charge is 0.435 e. The minimum Gasteiger partial charge on any atom is -0.435 e. The van der Waals surface area contributed by atoms with Crippen LogP contribution >= 0.6 is 0 Å². The van der Waals surface area contributed by atoms with Crippen molar-refractivity contribution in [2.45, 2.75) is 13.0 Å². The smallest absolute Gasteiger partial charge is 0.387 e. The van der Waals surface area contributed by atoms with E-state index in [0.717, 1.165) is 0 Å². The van der Waals surface area contributed by atoms with Crippen molar-refractivity contribution in [3.63, 3.8) is 0 Å². The molecule has 6 heteroatoms. The molecule has 0 fully saturated rings. The summed E-state index contributed by atoms with van der Waals surface area (Å²) in [6.07, 6.45) is 0.443. The average molecular weight is 245 g/mol. The molecule has 17 heavy (non-hydrogen) atoms. The first-order chi connectivity index (χ1) is 8.13. The fourth-order valence-corrected chi connectivity index (χ4v) is 1.20. The van der Waals surface area contributed by atoms with Crippen LogP contribution in [0.2, 0.25) is 0 Å². The number of carbonyl (C=O) groups is 1. The Morgan fingerprint density at radius 2 is 2.24 bits per heavy atom. The minimum absolute atomic E-state index is 0.0190. The second-order valence-corrected chi connectivity index (χ2v) is 3.24. The molecular weight excluding hydrogens is 232 g/mol. The first kappa shape index (κ1) is 13.4.